The van der Waals surface area contributed by atoms with Gasteiger partial charge in [0.2, 0.25) is 0 Å². The van der Waals surface area contributed by atoms with Crippen molar-refractivity contribution in [2.45, 2.75) is 32.7 Å². The fourth-order valence-electron chi connectivity index (χ4n) is 1.29. The second-order valence-electron chi connectivity index (χ2n) is 3.78. The molecule has 1 unspecified atom stereocenters. The molecule has 0 fully saturated rings. The fraction of sp³-hybridized carbons (Fsp3) is 0.636. The molecule has 0 amide bonds. The minimum absolute atomic E-state index is 0.286. The van der Waals surface area contributed by atoms with Crippen LogP contribution in [0.15, 0.2) is 16.5 Å². The molecule has 1 aromatic rings. The van der Waals surface area contributed by atoms with E-state index in [0.29, 0.717) is 0 Å². The SMILES string of the molecule is Cc1ccc(CCNCCC(C)N)o1. The number of rotatable bonds is 6. The summed E-state index contributed by atoms with van der Waals surface area (Å²) >= 11 is 0. The van der Waals surface area contributed by atoms with E-state index in [9.17, 15) is 0 Å². The standard InChI is InChI=1S/C11H20N2O/c1-9(12)5-7-13-8-6-11-4-3-10(2)14-11/h3-4,9,13H,5-8,12H2,1-2H3. The second kappa shape index (κ2) is 5.83. The van der Waals surface area contributed by atoms with Crippen molar-refractivity contribution < 1.29 is 4.42 Å². The highest BCUT2D eigenvalue weighted by molar-refractivity contribution is 5.05. The van der Waals surface area contributed by atoms with Crippen LogP contribution in [0.5, 0.6) is 0 Å². The van der Waals surface area contributed by atoms with E-state index in [4.69, 9.17) is 10.2 Å². The second-order valence-corrected chi connectivity index (χ2v) is 3.78. The monoisotopic (exact) mass is 196 g/mol. The maximum absolute atomic E-state index is 5.63. The Hall–Kier alpha value is -0.800. The smallest absolute Gasteiger partial charge is 0.105 e. The first kappa shape index (κ1) is 11.3. The van der Waals surface area contributed by atoms with Gasteiger partial charge in [0.05, 0.1) is 0 Å². The molecule has 3 N–H and O–H groups in total. The summed E-state index contributed by atoms with van der Waals surface area (Å²) in [6, 6.07) is 4.31. The summed E-state index contributed by atoms with van der Waals surface area (Å²) in [6.45, 7) is 5.93. The summed E-state index contributed by atoms with van der Waals surface area (Å²) in [5.74, 6) is 2.03. The van der Waals surface area contributed by atoms with Crippen LogP contribution in [0.4, 0.5) is 0 Å². The van der Waals surface area contributed by atoms with Gasteiger partial charge in [-0.25, -0.2) is 0 Å². The molecular formula is C11H20N2O. The van der Waals surface area contributed by atoms with E-state index < -0.39 is 0 Å². The van der Waals surface area contributed by atoms with E-state index in [0.717, 1.165) is 37.5 Å². The molecule has 14 heavy (non-hydrogen) atoms. The van der Waals surface area contributed by atoms with Crippen LogP contribution in [-0.2, 0) is 6.42 Å². The van der Waals surface area contributed by atoms with Crippen LogP contribution in [-0.4, -0.2) is 19.1 Å². The van der Waals surface area contributed by atoms with E-state index >= 15 is 0 Å². The lowest BCUT2D eigenvalue weighted by molar-refractivity contribution is 0.473. The predicted octanol–water partition coefficient (Wildman–Crippen LogP) is 1.46. The van der Waals surface area contributed by atoms with Crippen LogP contribution in [0.2, 0.25) is 0 Å². The zero-order valence-electron chi connectivity index (χ0n) is 9.05. The van der Waals surface area contributed by atoms with Gasteiger partial charge >= 0.3 is 0 Å². The van der Waals surface area contributed by atoms with E-state index in [2.05, 4.69) is 5.32 Å². The lowest BCUT2D eigenvalue weighted by Gasteiger charge is -2.05. The van der Waals surface area contributed by atoms with E-state index in [1.54, 1.807) is 0 Å². The molecule has 0 saturated heterocycles. The number of aryl methyl sites for hydroxylation is 1. The number of furan rings is 1. The van der Waals surface area contributed by atoms with Gasteiger partial charge in [0.15, 0.2) is 0 Å². The zero-order chi connectivity index (χ0) is 10.4. The summed E-state index contributed by atoms with van der Waals surface area (Å²) in [5, 5.41) is 3.33. The first-order valence-corrected chi connectivity index (χ1v) is 5.20. The molecule has 0 saturated carbocycles. The minimum Gasteiger partial charge on any atom is -0.466 e. The highest BCUT2D eigenvalue weighted by Crippen LogP contribution is 2.05. The van der Waals surface area contributed by atoms with Crippen molar-refractivity contribution in [3.05, 3.63) is 23.7 Å². The van der Waals surface area contributed by atoms with Crippen LogP contribution in [0.25, 0.3) is 0 Å². The van der Waals surface area contributed by atoms with Crippen LogP contribution in [0, 0.1) is 6.92 Å². The third-order valence-corrected chi connectivity index (χ3v) is 2.12. The maximum atomic E-state index is 5.63. The Morgan fingerprint density at radius 1 is 1.43 bits per heavy atom. The Morgan fingerprint density at radius 2 is 2.21 bits per heavy atom. The Morgan fingerprint density at radius 3 is 2.79 bits per heavy atom. The van der Waals surface area contributed by atoms with Crippen molar-refractivity contribution in [3.63, 3.8) is 0 Å². The number of nitrogens with one attached hydrogen (secondary N) is 1. The lowest BCUT2D eigenvalue weighted by Crippen LogP contribution is -2.25. The van der Waals surface area contributed by atoms with Gasteiger partial charge in [-0.2, -0.15) is 0 Å². The molecule has 0 aromatic carbocycles. The largest absolute Gasteiger partial charge is 0.466 e. The van der Waals surface area contributed by atoms with Gasteiger partial charge in [-0.15, -0.1) is 0 Å². The van der Waals surface area contributed by atoms with Crippen molar-refractivity contribution in [2.75, 3.05) is 13.1 Å². The molecule has 0 aliphatic heterocycles. The van der Waals surface area contributed by atoms with Crippen molar-refractivity contribution >= 4 is 0 Å². The van der Waals surface area contributed by atoms with Crippen LogP contribution in [0.3, 0.4) is 0 Å². The average molecular weight is 196 g/mol. The van der Waals surface area contributed by atoms with Gasteiger partial charge in [-0.3, -0.25) is 0 Å². The average Bonchev–Trinajstić information content (AvgIpc) is 2.50. The summed E-state index contributed by atoms with van der Waals surface area (Å²) in [4.78, 5) is 0. The lowest BCUT2D eigenvalue weighted by atomic mass is 10.2. The normalized spacial score (nSPS) is 13.1. The Bertz CT molecular complexity index is 256. The maximum Gasteiger partial charge on any atom is 0.105 e. The molecule has 3 heteroatoms. The summed E-state index contributed by atoms with van der Waals surface area (Å²) < 4.78 is 5.45. The Balaban J connectivity index is 2.04. The molecule has 3 nitrogen and oxygen atoms in total. The molecule has 0 aliphatic rings. The fourth-order valence-corrected chi connectivity index (χ4v) is 1.29. The third-order valence-electron chi connectivity index (χ3n) is 2.12. The van der Waals surface area contributed by atoms with Gasteiger partial charge in [0, 0.05) is 19.0 Å². The Labute approximate surface area is 85.7 Å². The molecule has 1 rings (SSSR count). The molecule has 80 valence electrons. The summed E-state index contributed by atoms with van der Waals surface area (Å²) in [6.07, 6.45) is 1.98. The predicted molar refractivity (Wildman–Crippen MR) is 58.3 cm³/mol. The van der Waals surface area contributed by atoms with Crippen molar-refractivity contribution in [2.24, 2.45) is 5.73 Å². The van der Waals surface area contributed by atoms with Crippen molar-refractivity contribution in [3.8, 4) is 0 Å². The molecular weight excluding hydrogens is 176 g/mol. The molecule has 1 aromatic heterocycles. The van der Waals surface area contributed by atoms with Gasteiger partial charge in [-0.1, -0.05) is 0 Å². The van der Waals surface area contributed by atoms with Crippen LogP contribution >= 0.6 is 0 Å². The van der Waals surface area contributed by atoms with Gasteiger partial charge < -0.3 is 15.5 Å². The topological polar surface area (TPSA) is 51.2 Å². The minimum atomic E-state index is 0.286. The van der Waals surface area contributed by atoms with Gasteiger partial charge in [0.1, 0.15) is 11.5 Å². The van der Waals surface area contributed by atoms with Crippen molar-refractivity contribution in [1.29, 1.82) is 0 Å². The zero-order valence-corrected chi connectivity index (χ0v) is 9.05. The van der Waals surface area contributed by atoms with Crippen molar-refractivity contribution in [1.82, 2.24) is 5.32 Å². The van der Waals surface area contributed by atoms with Crippen LogP contribution < -0.4 is 11.1 Å². The van der Waals surface area contributed by atoms with Gasteiger partial charge in [-0.05, 0) is 38.9 Å². The molecule has 0 aliphatic carbocycles. The quantitative estimate of drug-likeness (QED) is 0.677. The molecule has 0 spiro atoms. The molecule has 1 heterocycles. The molecule has 0 bridgehead atoms. The highest BCUT2D eigenvalue weighted by atomic mass is 16.3. The third kappa shape index (κ3) is 4.44. The van der Waals surface area contributed by atoms with Crippen LogP contribution in [0.1, 0.15) is 24.9 Å². The number of hydrogen-bond donors (Lipinski definition) is 2. The van der Waals surface area contributed by atoms with E-state index in [1.165, 1.54) is 0 Å². The number of nitrogens with two attached hydrogens (primary N) is 1. The Kier molecular flexibility index (Phi) is 4.70. The summed E-state index contributed by atoms with van der Waals surface area (Å²) in [5.41, 5.74) is 5.63. The summed E-state index contributed by atoms with van der Waals surface area (Å²) in [7, 11) is 0. The number of hydrogen-bond acceptors (Lipinski definition) is 3. The van der Waals surface area contributed by atoms with Gasteiger partial charge in [0.25, 0.3) is 0 Å². The highest BCUT2D eigenvalue weighted by Gasteiger charge is 1.98. The first-order valence-electron chi connectivity index (χ1n) is 5.20. The first-order chi connectivity index (χ1) is 6.68. The molecule has 0 radical (unpaired) electrons. The molecule has 1 atom stereocenters. The van der Waals surface area contributed by atoms with E-state index in [-0.39, 0.29) is 6.04 Å². The van der Waals surface area contributed by atoms with E-state index in [1.807, 2.05) is 26.0 Å².